The van der Waals surface area contributed by atoms with Crippen molar-refractivity contribution in [1.29, 1.82) is 0 Å². The Balaban J connectivity index is 2.28. The number of ether oxygens (including phenoxy) is 1. The van der Waals surface area contributed by atoms with Crippen molar-refractivity contribution in [1.82, 2.24) is 5.43 Å². The van der Waals surface area contributed by atoms with Gasteiger partial charge < -0.3 is 9.84 Å². The van der Waals surface area contributed by atoms with Crippen LogP contribution < -0.4 is 10.2 Å². The fourth-order valence-corrected chi connectivity index (χ4v) is 2.85. The van der Waals surface area contributed by atoms with Crippen molar-refractivity contribution < 1.29 is 14.6 Å². The number of nitrogens with zero attached hydrogens (tertiary/aromatic N) is 1. The molecule has 2 aromatic rings. The molecule has 0 radical (unpaired) electrons. The standard InChI is InChI=1S/C23H30N2O3/c1-22(2,3)18-12-15(13-19(20(18)26)23(4,5)6)14-24-25-21(27)16-8-10-17(28-7)11-9-16/h8-14,26H,1-7H3,(H,25,27)/b24-14-. The number of hydrazone groups is 1. The molecule has 0 heterocycles. The number of carbonyl (C=O) groups excluding carboxylic acids is 1. The molecular weight excluding hydrogens is 352 g/mol. The monoisotopic (exact) mass is 382 g/mol. The number of hydrogen-bond acceptors (Lipinski definition) is 4. The highest BCUT2D eigenvalue weighted by atomic mass is 16.5. The van der Waals surface area contributed by atoms with Crippen molar-refractivity contribution in [2.75, 3.05) is 7.11 Å². The van der Waals surface area contributed by atoms with Crippen LogP contribution in [0.4, 0.5) is 0 Å². The second kappa shape index (κ2) is 8.05. The second-order valence-corrected chi connectivity index (χ2v) is 8.89. The van der Waals surface area contributed by atoms with Gasteiger partial charge in [-0.15, -0.1) is 0 Å². The summed E-state index contributed by atoms with van der Waals surface area (Å²) in [4.78, 5) is 12.2. The largest absolute Gasteiger partial charge is 0.507 e. The smallest absolute Gasteiger partial charge is 0.271 e. The van der Waals surface area contributed by atoms with E-state index in [0.717, 1.165) is 16.7 Å². The van der Waals surface area contributed by atoms with Crippen LogP contribution in [0, 0.1) is 0 Å². The van der Waals surface area contributed by atoms with Crippen molar-refractivity contribution in [2.24, 2.45) is 5.10 Å². The van der Waals surface area contributed by atoms with E-state index in [1.165, 1.54) is 0 Å². The predicted octanol–water partition coefficient (Wildman–Crippen LogP) is 4.76. The Kier molecular flexibility index (Phi) is 6.17. The molecule has 0 aliphatic carbocycles. The van der Waals surface area contributed by atoms with E-state index in [0.29, 0.717) is 17.1 Å². The molecule has 1 amide bonds. The quantitative estimate of drug-likeness (QED) is 0.592. The lowest BCUT2D eigenvalue weighted by molar-refractivity contribution is 0.0955. The van der Waals surface area contributed by atoms with Gasteiger partial charge in [-0.1, -0.05) is 41.5 Å². The Morgan fingerprint density at radius 1 is 1.00 bits per heavy atom. The van der Waals surface area contributed by atoms with E-state index < -0.39 is 0 Å². The first-order valence-corrected chi connectivity index (χ1v) is 9.29. The molecule has 0 atom stereocenters. The molecule has 0 saturated heterocycles. The molecule has 150 valence electrons. The third-order valence-corrected chi connectivity index (χ3v) is 4.48. The van der Waals surface area contributed by atoms with Crippen LogP contribution in [0.1, 0.15) is 68.6 Å². The summed E-state index contributed by atoms with van der Waals surface area (Å²) in [6, 6.07) is 10.6. The normalized spacial score (nSPS) is 12.2. The summed E-state index contributed by atoms with van der Waals surface area (Å²) in [5, 5.41) is 14.9. The third-order valence-electron chi connectivity index (χ3n) is 4.48. The molecule has 2 rings (SSSR count). The minimum Gasteiger partial charge on any atom is -0.507 e. The van der Waals surface area contributed by atoms with Crippen molar-refractivity contribution in [3.63, 3.8) is 0 Å². The van der Waals surface area contributed by atoms with E-state index in [9.17, 15) is 9.90 Å². The van der Waals surface area contributed by atoms with E-state index in [1.54, 1.807) is 37.6 Å². The topological polar surface area (TPSA) is 70.9 Å². The van der Waals surface area contributed by atoms with Crippen molar-refractivity contribution in [2.45, 2.75) is 52.4 Å². The van der Waals surface area contributed by atoms with Crippen molar-refractivity contribution in [3.05, 3.63) is 58.7 Å². The number of phenols is 1. The first-order valence-electron chi connectivity index (χ1n) is 9.29. The van der Waals surface area contributed by atoms with Crippen molar-refractivity contribution in [3.8, 4) is 11.5 Å². The van der Waals surface area contributed by atoms with Crippen molar-refractivity contribution >= 4 is 12.1 Å². The van der Waals surface area contributed by atoms with Crippen LogP contribution in [0.15, 0.2) is 41.5 Å². The van der Waals surface area contributed by atoms with Gasteiger partial charge >= 0.3 is 0 Å². The maximum absolute atomic E-state index is 12.2. The van der Waals surface area contributed by atoms with Gasteiger partial charge in [0.05, 0.1) is 13.3 Å². The van der Waals surface area contributed by atoms with Crippen LogP contribution in [-0.4, -0.2) is 24.3 Å². The average Bonchev–Trinajstić information content (AvgIpc) is 2.60. The van der Waals surface area contributed by atoms with Crippen LogP contribution in [-0.2, 0) is 10.8 Å². The van der Waals surface area contributed by atoms with Gasteiger partial charge in [-0.2, -0.15) is 5.10 Å². The summed E-state index contributed by atoms with van der Waals surface area (Å²) in [7, 11) is 1.58. The van der Waals surface area contributed by atoms with Crippen LogP contribution in [0.2, 0.25) is 0 Å². The molecule has 0 spiro atoms. The lowest BCUT2D eigenvalue weighted by Crippen LogP contribution is -2.19. The van der Waals surface area contributed by atoms with Gasteiger partial charge in [-0.05, 0) is 52.8 Å². The van der Waals surface area contributed by atoms with Gasteiger partial charge in [-0.25, -0.2) is 5.43 Å². The molecule has 0 saturated carbocycles. The van der Waals surface area contributed by atoms with Crippen LogP contribution in [0.25, 0.3) is 0 Å². The number of phenolic OH excluding ortho intramolecular Hbond substituents is 1. The molecule has 2 N–H and O–H groups in total. The fourth-order valence-electron chi connectivity index (χ4n) is 2.85. The molecule has 0 bridgehead atoms. The Morgan fingerprint density at radius 3 is 1.93 bits per heavy atom. The fraction of sp³-hybridized carbons (Fsp3) is 0.391. The number of carbonyl (C=O) groups is 1. The summed E-state index contributed by atoms with van der Waals surface area (Å²) < 4.78 is 5.09. The Morgan fingerprint density at radius 2 is 1.50 bits per heavy atom. The van der Waals surface area contributed by atoms with Gasteiger partial charge in [0.25, 0.3) is 5.91 Å². The zero-order valence-corrected chi connectivity index (χ0v) is 17.8. The van der Waals surface area contributed by atoms with Gasteiger partial charge in [-0.3, -0.25) is 4.79 Å². The minimum atomic E-state index is -0.301. The minimum absolute atomic E-state index is 0.222. The number of hydrogen-bond donors (Lipinski definition) is 2. The molecule has 28 heavy (non-hydrogen) atoms. The zero-order chi connectivity index (χ0) is 21.1. The van der Waals surface area contributed by atoms with E-state index in [4.69, 9.17) is 4.74 Å². The average molecular weight is 383 g/mol. The second-order valence-electron chi connectivity index (χ2n) is 8.89. The highest BCUT2D eigenvalue weighted by molar-refractivity contribution is 5.95. The van der Waals surface area contributed by atoms with Gasteiger partial charge in [0.2, 0.25) is 0 Å². The maximum atomic E-state index is 12.2. The van der Waals surface area contributed by atoms with E-state index in [2.05, 4.69) is 52.1 Å². The summed E-state index contributed by atoms with van der Waals surface area (Å²) in [5.41, 5.74) is 5.12. The van der Waals surface area contributed by atoms with Crippen LogP contribution in [0.3, 0.4) is 0 Å². The first kappa shape index (κ1) is 21.5. The maximum Gasteiger partial charge on any atom is 0.271 e. The molecule has 2 aromatic carbocycles. The lowest BCUT2D eigenvalue weighted by Gasteiger charge is -2.27. The molecule has 0 unspecified atom stereocenters. The molecule has 0 aliphatic heterocycles. The summed E-state index contributed by atoms with van der Waals surface area (Å²) in [6.45, 7) is 12.3. The SMILES string of the molecule is COc1ccc(C(=O)N/N=C\c2cc(C(C)(C)C)c(O)c(C(C)(C)C)c2)cc1. The molecule has 5 heteroatoms. The highest BCUT2D eigenvalue weighted by Gasteiger charge is 2.26. The third kappa shape index (κ3) is 5.12. The number of nitrogens with one attached hydrogen (secondary N) is 1. The predicted molar refractivity (Wildman–Crippen MR) is 114 cm³/mol. The van der Waals surface area contributed by atoms with Gasteiger partial charge in [0.15, 0.2) is 0 Å². The molecule has 0 aromatic heterocycles. The first-order chi connectivity index (χ1) is 12.9. The molecular formula is C23H30N2O3. The van der Waals surface area contributed by atoms with Gasteiger partial charge in [0, 0.05) is 16.7 Å². The van der Waals surface area contributed by atoms with E-state index in [-0.39, 0.29) is 16.7 Å². The van der Waals surface area contributed by atoms with Crippen LogP contribution in [0.5, 0.6) is 11.5 Å². The number of aromatic hydroxyl groups is 1. The number of rotatable bonds is 4. The summed E-state index contributed by atoms with van der Waals surface area (Å²) in [6.07, 6.45) is 1.60. The Hall–Kier alpha value is -2.82. The van der Waals surface area contributed by atoms with E-state index in [1.807, 2.05) is 12.1 Å². The lowest BCUT2D eigenvalue weighted by atomic mass is 9.78. The summed E-state index contributed by atoms with van der Waals surface area (Å²) in [5.74, 6) is 0.706. The Labute approximate surface area is 167 Å². The van der Waals surface area contributed by atoms with Gasteiger partial charge in [0.1, 0.15) is 11.5 Å². The Bertz CT molecular complexity index is 835. The molecule has 5 nitrogen and oxygen atoms in total. The van der Waals surface area contributed by atoms with Crippen LogP contribution >= 0.6 is 0 Å². The number of methoxy groups -OCH3 is 1. The number of benzene rings is 2. The zero-order valence-electron chi connectivity index (χ0n) is 17.8. The molecule has 0 fully saturated rings. The molecule has 0 aliphatic rings. The highest BCUT2D eigenvalue weighted by Crippen LogP contribution is 2.39. The summed E-state index contributed by atoms with van der Waals surface area (Å²) >= 11 is 0. The number of amides is 1. The van der Waals surface area contributed by atoms with E-state index >= 15 is 0 Å².